The van der Waals surface area contributed by atoms with Crippen LogP contribution >= 0.6 is 11.8 Å². The summed E-state index contributed by atoms with van der Waals surface area (Å²) >= 11 is 1.39. The van der Waals surface area contributed by atoms with Crippen molar-refractivity contribution in [1.82, 2.24) is 14.9 Å². The highest BCUT2D eigenvalue weighted by atomic mass is 32.2. The van der Waals surface area contributed by atoms with Crippen molar-refractivity contribution in [1.29, 1.82) is 0 Å². The van der Waals surface area contributed by atoms with Gasteiger partial charge in [0.05, 0.1) is 21.8 Å². The van der Waals surface area contributed by atoms with Crippen LogP contribution in [-0.4, -0.2) is 27.3 Å². The molecule has 1 amide bonds. The van der Waals surface area contributed by atoms with Gasteiger partial charge >= 0.3 is 0 Å². The molecule has 1 aliphatic rings. The molecule has 1 N–H and O–H groups in total. The van der Waals surface area contributed by atoms with Crippen LogP contribution in [0.5, 0.6) is 0 Å². The minimum Gasteiger partial charge on any atom is -0.355 e. The minimum absolute atomic E-state index is 0.0265. The molecule has 30 heavy (non-hydrogen) atoms. The van der Waals surface area contributed by atoms with Gasteiger partial charge in [-0.2, -0.15) is 0 Å². The first-order valence-electron chi connectivity index (χ1n) is 10.6. The first-order chi connectivity index (χ1) is 14.6. The number of aromatic nitrogens is 2. The summed E-state index contributed by atoms with van der Waals surface area (Å²) in [4.78, 5) is 30.7. The highest BCUT2D eigenvalue weighted by Gasteiger charge is 2.25. The Morgan fingerprint density at radius 1 is 1.13 bits per heavy atom. The van der Waals surface area contributed by atoms with Gasteiger partial charge in [-0.3, -0.25) is 14.2 Å². The van der Waals surface area contributed by atoms with E-state index in [1.807, 2.05) is 36.4 Å². The lowest BCUT2D eigenvalue weighted by atomic mass is 9.98. The fourth-order valence-electron chi connectivity index (χ4n) is 3.76. The lowest BCUT2D eigenvalue weighted by molar-refractivity contribution is -0.120. The molecule has 2 heterocycles. The molecule has 1 aliphatic heterocycles. The van der Waals surface area contributed by atoms with E-state index in [0.29, 0.717) is 28.5 Å². The van der Waals surface area contributed by atoms with Crippen LogP contribution in [0, 0.1) is 0 Å². The van der Waals surface area contributed by atoms with E-state index in [2.05, 4.69) is 31.3 Å². The maximum atomic E-state index is 13.4. The number of carbonyl (C=O) groups excluding carboxylic acids is 1. The third-order valence-electron chi connectivity index (χ3n) is 5.81. The van der Waals surface area contributed by atoms with Crippen LogP contribution in [0.15, 0.2) is 58.5 Å². The molecule has 0 aliphatic carbocycles. The molecule has 0 saturated carbocycles. The quantitative estimate of drug-likeness (QED) is 0.609. The van der Waals surface area contributed by atoms with Gasteiger partial charge < -0.3 is 5.32 Å². The molecule has 2 unspecified atom stereocenters. The first kappa shape index (κ1) is 20.7. The molecule has 1 aromatic heterocycles. The highest BCUT2D eigenvalue weighted by Crippen LogP contribution is 2.29. The second kappa shape index (κ2) is 9.04. The summed E-state index contributed by atoms with van der Waals surface area (Å²) in [6.45, 7) is 5.08. The number of fused-ring (bicyclic) bond motifs is 1. The second-order valence-corrected chi connectivity index (χ2v) is 9.02. The number of carbonyl (C=O) groups is 1. The summed E-state index contributed by atoms with van der Waals surface area (Å²) in [6, 6.07) is 15.5. The van der Waals surface area contributed by atoms with Crippen molar-refractivity contribution in [3.63, 3.8) is 0 Å². The van der Waals surface area contributed by atoms with Gasteiger partial charge in [-0.15, -0.1) is 0 Å². The number of amides is 1. The van der Waals surface area contributed by atoms with Gasteiger partial charge in [0.25, 0.3) is 5.56 Å². The van der Waals surface area contributed by atoms with Gasteiger partial charge in [-0.05, 0) is 55.0 Å². The summed E-state index contributed by atoms with van der Waals surface area (Å²) in [5.41, 5.74) is 2.59. The Labute approximate surface area is 180 Å². The lowest BCUT2D eigenvalue weighted by Crippen LogP contribution is -2.31. The summed E-state index contributed by atoms with van der Waals surface area (Å²) < 4.78 is 1.66. The lowest BCUT2D eigenvalue weighted by Gasteiger charge is -2.18. The zero-order valence-electron chi connectivity index (χ0n) is 17.4. The molecule has 156 valence electrons. The van der Waals surface area contributed by atoms with E-state index in [-0.39, 0.29) is 16.7 Å². The van der Waals surface area contributed by atoms with Crippen LogP contribution in [0.2, 0.25) is 0 Å². The van der Waals surface area contributed by atoms with Gasteiger partial charge in [-0.1, -0.05) is 56.3 Å². The third-order valence-corrected chi connectivity index (χ3v) is 7.03. The molecular weight excluding hydrogens is 394 g/mol. The van der Waals surface area contributed by atoms with Gasteiger partial charge in [0, 0.05) is 6.54 Å². The monoisotopic (exact) mass is 421 g/mol. The third kappa shape index (κ3) is 4.15. The van der Waals surface area contributed by atoms with E-state index < -0.39 is 0 Å². The molecule has 0 bridgehead atoms. The standard InChI is InChI=1S/C24H27N3O2S/c1-3-16(2)17-11-13-18(14-12-17)27-23(29)19-8-4-5-9-20(19)26-24(27)30-21-10-6-7-15-25-22(21)28/h4-5,8-9,11-14,16,21H,3,6-7,10,15H2,1-2H3,(H,25,28). The van der Waals surface area contributed by atoms with Crippen LogP contribution < -0.4 is 10.9 Å². The van der Waals surface area contributed by atoms with E-state index in [4.69, 9.17) is 4.98 Å². The first-order valence-corrected chi connectivity index (χ1v) is 11.5. The zero-order valence-corrected chi connectivity index (χ0v) is 18.2. The topological polar surface area (TPSA) is 64.0 Å². The summed E-state index contributed by atoms with van der Waals surface area (Å²) in [5, 5.41) is 3.88. The van der Waals surface area contributed by atoms with Crippen LogP contribution in [0.25, 0.3) is 16.6 Å². The molecule has 0 radical (unpaired) electrons. The fraction of sp³-hybridized carbons (Fsp3) is 0.375. The number of nitrogens with zero attached hydrogens (tertiary/aromatic N) is 2. The van der Waals surface area contributed by atoms with Crippen molar-refractivity contribution in [3.05, 3.63) is 64.4 Å². The van der Waals surface area contributed by atoms with E-state index >= 15 is 0 Å². The van der Waals surface area contributed by atoms with Crippen LogP contribution in [0.4, 0.5) is 0 Å². The zero-order chi connectivity index (χ0) is 21.1. The summed E-state index contributed by atoms with van der Waals surface area (Å²) in [6.07, 6.45) is 3.82. The van der Waals surface area contributed by atoms with Crippen LogP contribution in [0.1, 0.15) is 51.0 Å². The summed E-state index contributed by atoms with van der Waals surface area (Å²) in [5.74, 6) is 0.493. The van der Waals surface area contributed by atoms with Crippen molar-refractivity contribution in [3.8, 4) is 5.69 Å². The predicted molar refractivity (Wildman–Crippen MR) is 123 cm³/mol. The normalized spacial score (nSPS) is 18.1. The number of hydrogen-bond donors (Lipinski definition) is 1. The van der Waals surface area contributed by atoms with Crippen LogP contribution in [0.3, 0.4) is 0 Å². The Morgan fingerprint density at radius 3 is 2.67 bits per heavy atom. The number of nitrogens with one attached hydrogen (secondary N) is 1. The van der Waals surface area contributed by atoms with Crippen molar-refractivity contribution >= 4 is 28.6 Å². The predicted octanol–water partition coefficient (Wildman–Crippen LogP) is 4.66. The van der Waals surface area contributed by atoms with E-state index in [1.165, 1.54) is 17.3 Å². The minimum atomic E-state index is -0.244. The van der Waals surface area contributed by atoms with Crippen molar-refractivity contribution < 1.29 is 4.79 Å². The Bertz CT molecular complexity index is 1110. The van der Waals surface area contributed by atoms with Crippen molar-refractivity contribution in [2.24, 2.45) is 0 Å². The fourth-order valence-corrected chi connectivity index (χ4v) is 4.93. The highest BCUT2D eigenvalue weighted by molar-refractivity contribution is 8.00. The molecule has 5 nitrogen and oxygen atoms in total. The SMILES string of the molecule is CCC(C)c1ccc(-n2c(SC3CCCCNC3=O)nc3ccccc3c2=O)cc1. The number of benzene rings is 2. The van der Waals surface area contributed by atoms with Gasteiger partial charge in [-0.25, -0.2) is 4.98 Å². The number of thioether (sulfide) groups is 1. The van der Waals surface area contributed by atoms with E-state index in [0.717, 1.165) is 31.4 Å². The van der Waals surface area contributed by atoms with Gasteiger partial charge in [0.2, 0.25) is 5.91 Å². The molecule has 3 aromatic rings. The average molecular weight is 422 g/mol. The molecule has 6 heteroatoms. The number of para-hydroxylation sites is 1. The molecule has 0 spiro atoms. The largest absolute Gasteiger partial charge is 0.355 e. The summed E-state index contributed by atoms with van der Waals surface area (Å²) in [7, 11) is 0. The van der Waals surface area contributed by atoms with E-state index in [9.17, 15) is 9.59 Å². The second-order valence-electron chi connectivity index (χ2n) is 7.85. The average Bonchev–Trinajstić information content (AvgIpc) is 2.98. The van der Waals surface area contributed by atoms with E-state index in [1.54, 1.807) is 4.57 Å². The Morgan fingerprint density at radius 2 is 1.90 bits per heavy atom. The van der Waals surface area contributed by atoms with Crippen molar-refractivity contribution in [2.45, 2.75) is 55.9 Å². The number of hydrogen-bond acceptors (Lipinski definition) is 4. The molecular formula is C24H27N3O2S. The Balaban J connectivity index is 1.82. The van der Waals surface area contributed by atoms with Crippen LogP contribution in [-0.2, 0) is 4.79 Å². The molecule has 4 rings (SSSR count). The maximum Gasteiger partial charge on any atom is 0.266 e. The van der Waals surface area contributed by atoms with Crippen molar-refractivity contribution in [2.75, 3.05) is 6.54 Å². The van der Waals surface area contributed by atoms with Gasteiger partial charge in [0.1, 0.15) is 0 Å². The number of rotatable bonds is 5. The maximum absolute atomic E-state index is 13.4. The Kier molecular flexibility index (Phi) is 6.23. The molecule has 2 atom stereocenters. The molecule has 1 fully saturated rings. The smallest absolute Gasteiger partial charge is 0.266 e. The molecule has 2 aromatic carbocycles. The Hall–Kier alpha value is -2.60. The molecule has 1 saturated heterocycles. The van der Waals surface area contributed by atoms with Gasteiger partial charge in [0.15, 0.2) is 5.16 Å².